The summed E-state index contributed by atoms with van der Waals surface area (Å²) in [5.74, 6) is 1.85. The molecule has 0 amide bonds. The number of carbonyl (C=O) groups excluding carboxylic acids is 1. The van der Waals surface area contributed by atoms with Gasteiger partial charge in [-0.3, -0.25) is 4.79 Å². The van der Waals surface area contributed by atoms with Crippen LogP contribution in [-0.2, 0) is 0 Å². The Morgan fingerprint density at radius 3 is 3.00 bits per heavy atom. The maximum atomic E-state index is 10.8. The lowest BCUT2D eigenvalue weighted by atomic mass is 10.2. The Morgan fingerprint density at radius 2 is 2.21 bits per heavy atom. The van der Waals surface area contributed by atoms with Gasteiger partial charge in [0.05, 0.1) is 5.39 Å². The molecule has 7 heteroatoms. The van der Waals surface area contributed by atoms with Crippen LogP contribution in [0.1, 0.15) is 16.8 Å². The lowest BCUT2D eigenvalue weighted by Gasteiger charge is -2.26. The minimum Gasteiger partial charge on any atom is -0.355 e. The normalized spacial score (nSPS) is 17.4. The highest BCUT2D eigenvalue weighted by Crippen LogP contribution is 2.27. The van der Waals surface area contributed by atoms with E-state index in [1.54, 1.807) is 18.6 Å². The quantitative estimate of drug-likeness (QED) is 0.739. The average Bonchev–Trinajstić information content (AvgIpc) is 3.30. The van der Waals surface area contributed by atoms with Gasteiger partial charge in [-0.1, -0.05) is 0 Å². The Morgan fingerprint density at radius 1 is 1.29 bits per heavy atom. The topological polar surface area (TPSA) is 78.0 Å². The van der Waals surface area contributed by atoms with Crippen LogP contribution in [0.3, 0.4) is 0 Å². The van der Waals surface area contributed by atoms with Gasteiger partial charge < -0.3 is 14.8 Å². The largest absolute Gasteiger partial charge is 0.355 e. The molecule has 3 aromatic heterocycles. The number of nitrogens with one attached hydrogen (secondary N) is 1. The van der Waals surface area contributed by atoms with E-state index in [9.17, 15) is 4.79 Å². The molecule has 7 nitrogen and oxygen atoms in total. The summed E-state index contributed by atoms with van der Waals surface area (Å²) in [5.41, 5.74) is 1.46. The Kier molecular flexibility index (Phi) is 3.60. The molecular weight excluding hydrogens is 304 g/mol. The number of hydrogen-bond acceptors (Lipinski definition) is 6. The maximum Gasteiger partial charge on any atom is 0.151 e. The van der Waals surface area contributed by atoms with Crippen LogP contribution in [0.2, 0.25) is 0 Å². The van der Waals surface area contributed by atoms with Crippen molar-refractivity contribution in [2.24, 2.45) is 0 Å². The van der Waals surface area contributed by atoms with Crippen molar-refractivity contribution in [2.75, 3.05) is 29.9 Å². The number of carbonyl (C=O) groups is 1. The second-order valence-corrected chi connectivity index (χ2v) is 6.00. The third kappa shape index (κ3) is 2.47. The number of H-pyrrole nitrogens is 1. The van der Waals surface area contributed by atoms with Gasteiger partial charge in [0.15, 0.2) is 6.29 Å². The highest BCUT2D eigenvalue weighted by atomic mass is 16.1. The molecule has 4 rings (SSSR count). The number of aromatic amines is 1. The van der Waals surface area contributed by atoms with Gasteiger partial charge in [0.2, 0.25) is 0 Å². The van der Waals surface area contributed by atoms with Gasteiger partial charge in [0.1, 0.15) is 23.6 Å². The highest BCUT2D eigenvalue weighted by molar-refractivity contribution is 5.87. The van der Waals surface area contributed by atoms with E-state index in [4.69, 9.17) is 0 Å². The van der Waals surface area contributed by atoms with Gasteiger partial charge in [-0.05, 0) is 24.6 Å². The molecule has 24 heavy (non-hydrogen) atoms. The summed E-state index contributed by atoms with van der Waals surface area (Å²) in [4.78, 5) is 31.4. The lowest BCUT2D eigenvalue weighted by Crippen LogP contribution is -2.35. The van der Waals surface area contributed by atoms with Crippen LogP contribution in [0.5, 0.6) is 0 Å². The Hall–Kier alpha value is -2.96. The van der Waals surface area contributed by atoms with Crippen LogP contribution >= 0.6 is 0 Å². The molecule has 1 aliphatic rings. The predicted molar refractivity (Wildman–Crippen MR) is 92.5 cm³/mol. The number of fused-ring (bicyclic) bond motifs is 1. The molecule has 1 atom stereocenters. The van der Waals surface area contributed by atoms with E-state index in [-0.39, 0.29) is 0 Å². The van der Waals surface area contributed by atoms with Crippen molar-refractivity contribution in [3.8, 4) is 0 Å². The molecule has 0 spiro atoms. The number of aldehydes is 1. The number of rotatable bonds is 4. The van der Waals surface area contributed by atoms with Crippen molar-refractivity contribution in [1.82, 2.24) is 19.9 Å². The van der Waals surface area contributed by atoms with Crippen molar-refractivity contribution >= 4 is 29.0 Å². The van der Waals surface area contributed by atoms with Crippen LogP contribution < -0.4 is 9.80 Å². The molecule has 0 radical (unpaired) electrons. The van der Waals surface area contributed by atoms with Gasteiger partial charge in [0, 0.05) is 44.1 Å². The summed E-state index contributed by atoms with van der Waals surface area (Å²) < 4.78 is 0. The van der Waals surface area contributed by atoms with Crippen molar-refractivity contribution < 1.29 is 4.79 Å². The van der Waals surface area contributed by atoms with Crippen LogP contribution in [-0.4, -0.2) is 52.4 Å². The fraction of sp³-hybridized carbons (Fsp3) is 0.294. The number of likely N-dealkylation sites (N-methyl/N-ethyl adjacent to an activating group) is 1. The van der Waals surface area contributed by atoms with E-state index < -0.39 is 0 Å². The molecule has 1 N–H and O–H groups in total. The predicted octanol–water partition coefficient (Wildman–Crippen LogP) is 1.88. The zero-order chi connectivity index (χ0) is 16.5. The first-order valence-corrected chi connectivity index (χ1v) is 7.93. The molecule has 3 aromatic rings. The molecule has 0 aliphatic carbocycles. The van der Waals surface area contributed by atoms with E-state index in [1.165, 1.54) is 0 Å². The smallest absolute Gasteiger partial charge is 0.151 e. The molecule has 0 unspecified atom stereocenters. The van der Waals surface area contributed by atoms with E-state index in [2.05, 4.69) is 29.7 Å². The van der Waals surface area contributed by atoms with Gasteiger partial charge in [-0.2, -0.15) is 0 Å². The third-order valence-corrected chi connectivity index (χ3v) is 4.61. The summed E-state index contributed by atoms with van der Waals surface area (Å²) in [5, 5.41) is 1.05. The van der Waals surface area contributed by atoms with E-state index in [0.29, 0.717) is 11.6 Å². The molecule has 4 heterocycles. The molecule has 0 saturated carbocycles. The molecular formula is C17H18N6O. The number of pyridine rings is 1. The number of anilines is 2. The maximum absolute atomic E-state index is 10.8. The monoisotopic (exact) mass is 322 g/mol. The zero-order valence-corrected chi connectivity index (χ0v) is 13.4. The summed E-state index contributed by atoms with van der Waals surface area (Å²) >= 11 is 0. The van der Waals surface area contributed by atoms with E-state index >= 15 is 0 Å². The summed E-state index contributed by atoms with van der Waals surface area (Å²) in [6.07, 6.45) is 6.94. The molecule has 122 valence electrons. The average molecular weight is 322 g/mol. The van der Waals surface area contributed by atoms with E-state index in [0.717, 1.165) is 48.5 Å². The molecule has 0 aromatic carbocycles. The summed E-state index contributed by atoms with van der Waals surface area (Å²) in [7, 11) is 2.04. The zero-order valence-electron chi connectivity index (χ0n) is 13.4. The van der Waals surface area contributed by atoms with Gasteiger partial charge in [0.25, 0.3) is 0 Å². The standard InChI is InChI=1S/C17H18N6O/c1-22(15-3-2-12(10-24)8-19-15)13-5-7-23(9-13)17-14-4-6-18-16(14)20-11-21-17/h2-4,6,8,10-11,13H,5,7,9H2,1H3,(H,18,20,21)/t13-/m1/s1. The summed E-state index contributed by atoms with van der Waals surface area (Å²) in [6.45, 7) is 1.82. The van der Waals surface area contributed by atoms with Crippen LogP contribution in [0, 0.1) is 0 Å². The molecule has 1 aliphatic heterocycles. The van der Waals surface area contributed by atoms with Gasteiger partial charge in [-0.25, -0.2) is 15.0 Å². The summed E-state index contributed by atoms with van der Waals surface area (Å²) in [6, 6.07) is 6.05. The Labute approximate surface area is 139 Å². The molecule has 1 fully saturated rings. The van der Waals surface area contributed by atoms with Crippen molar-refractivity contribution in [2.45, 2.75) is 12.5 Å². The Balaban J connectivity index is 1.53. The fourth-order valence-corrected chi connectivity index (χ4v) is 3.22. The van der Waals surface area contributed by atoms with Crippen molar-refractivity contribution in [3.63, 3.8) is 0 Å². The first kappa shape index (κ1) is 14.6. The van der Waals surface area contributed by atoms with Crippen LogP contribution in [0.25, 0.3) is 11.0 Å². The second kappa shape index (κ2) is 5.92. The van der Waals surface area contributed by atoms with E-state index in [1.807, 2.05) is 25.4 Å². The number of aromatic nitrogens is 4. The van der Waals surface area contributed by atoms with Gasteiger partial charge in [-0.15, -0.1) is 0 Å². The Bertz CT molecular complexity index is 859. The lowest BCUT2D eigenvalue weighted by molar-refractivity contribution is 0.112. The second-order valence-electron chi connectivity index (χ2n) is 6.00. The number of nitrogens with zero attached hydrogens (tertiary/aromatic N) is 5. The highest BCUT2D eigenvalue weighted by Gasteiger charge is 2.28. The van der Waals surface area contributed by atoms with Crippen molar-refractivity contribution in [1.29, 1.82) is 0 Å². The first-order chi connectivity index (χ1) is 11.8. The molecule has 1 saturated heterocycles. The minimum absolute atomic E-state index is 0.350. The first-order valence-electron chi connectivity index (χ1n) is 7.93. The minimum atomic E-state index is 0.350. The van der Waals surface area contributed by atoms with Gasteiger partial charge >= 0.3 is 0 Å². The molecule has 0 bridgehead atoms. The van der Waals surface area contributed by atoms with Crippen molar-refractivity contribution in [3.05, 3.63) is 42.5 Å². The van der Waals surface area contributed by atoms with Crippen LogP contribution in [0.15, 0.2) is 36.9 Å². The SMILES string of the molecule is CN(c1ccc(C=O)cn1)[C@@H]1CCN(c2ncnc3[nH]ccc23)C1. The third-order valence-electron chi connectivity index (χ3n) is 4.61. The number of hydrogen-bond donors (Lipinski definition) is 1. The fourth-order valence-electron chi connectivity index (χ4n) is 3.22. The van der Waals surface area contributed by atoms with Crippen LogP contribution in [0.4, 0.5) is 11.6 Å².